The van der Waals surface area contributed by atoms with Crippen LogP contribution in [0, 0.1) is 5.41 Å². The first kappa shape index (κ1) is 26.3. The monoisotopic (exact) mass is 471 g/mol. The SMILES string of the molecule is C[C@@H]1CNC(=O)C(c2ccccc2)COC/C=C\CC2(CNC2)C(=O)N1.O=C(O)C(F)(F)F. The first-order chi connectivity index (χ1) is 15.5. The predicted molar refractivity (Wildman–Crippen MR) is 113 cm³/mol. The van der Waals surface area contributed by atoms with Crippen LogP contribution < -0.4 is 16.0 Å². The molecule has 2 atom stereocenters. The van der Waals surface area contributed by atoms with Crippen LogP contribution in [0.1, 0.15) is 24.8 Å². The van der Waals surface area contributed by atoms with Crippen LogP contribution in [0.4, 0.5) is 13.2 Å². The molecule has 0 aromatic heterocycles. The van der Waals surface area contributed by atoms with Crippen molar-refractivity contribution in [3.8, 4) is 0 Å². The highest BCUT2D eigenvalue weighted by atomic mass is 19.4. The van der Waals surface area contributed by atoms with E-state index in [1.54, 1.807) is 0 Å². The number of aliphatic carboxylic acids is 1. The van der Waals surface area contributed by atoms with Gasteiger partial charge in [0.15, 0.2) is 0 Å². The Morgan fingerprint density at radius 3 is 2.33 bits per heavy atom. The maximum absolute atomic E-state index is 12.7. The zero-order valence-electron chi connectivity index (χ0n) is 18.2. The van der Waals surface area contributed by atoms with Crippen molar-refractivity contribution >= 4 is 17.8 Å². The molecule has 1 unspecified atom stereocenters. The van der Waals surface area contributed by atoms with Gasteiger partial charge in [0.2, 0.25) is 11.8 Å². The summed E-state index contributed by atoms with van der Waals surface area (Å²) in [5.41, 5.74) is 0.545. The lowest BCUT2D eigenvalue weighted by Crippen LogP contribution is -2.62. The molecule has 1 aromatic carbocycles. The second-order valence-electron chi connectivity index (χ2n) is 7.98. The van der Waals surface area contributed by atoms with Gasteiger partial charge in [-0.25, -0.2) is 4.79 Å². The Morgan fingerprint density at radius 1 is 1.15 bits per heavy atom. The highest BCUT2D eigenvalue weighted by molar-refractivity contribution is 5.85. The van der Waals surface area contributed by atoms with Gasteiger partial charge in [-0.2, -0.15) is 13.2 Å². The van der Waals surface area contributed by atoms with E-state index in [2.05, 4.69) is 16.0 Å². The number of carboxylic acids is 1. The fraction of sp³-hybridized carbons (Fsp3) is 0.500. The number of alkyl halides is 3. The van der Waals surface area contributed by atoms with Crippen LogP contribution in [0.3, 0.4) is 0 Å². The third-order valence-corrected chi connectivity index (χ3v) is 5.30. The molecule has 33 heavy (non-hydrogen) atoms. The lowest BCUT2D eigenvalue weighted by atomic mass is 9.77. The Kier molecular flexibility index (Phi) is 9.42. The van der Waals surface area contributed by atoms with Crippen LogP contribution in [-0.2, 0) is 19.1 Å². The summed E-state index contributed by atoms with van der Waals surface area (Å²) in [6.45, 7) is 4.42. The number of nitrogens with one attached hydrogen (secondary N) is 3. The fourth-order valence-electron chi connectivity index (χ4n) is 3.27. The molecule has 3 rings (SSSR count). The summed E-state index contributed by atoms with van der Waals surface area (Å²) in [5.74, 6) is -3.16. The summed E-state index contributed by atoms with van der Waals surface area (Å²) in [7, 11) is 0. The van der Waals surface area contributed by atoms with Gasteiger partial charge in [-0.05, 0) is 18.9 Å². The number of allylic oxidation sites excluding steroid dienone is 1. The molecule has 182 valence electrons. The molecule has 2 aliphatic rings. The first-order valence-electron chi connectivity index (χ1n) is 10.4. The van der Waals surface area contributed by atoms with Gasteiger partial charge in [-0.3, -0.25) is 9.59 Å². The molecule has 1 fully saturated rings. The van der Waals surface area contributed by atoms with Crippen molar-refractivity contribution in [3.05, 3.63) is 48.0 Å². The summed E-state index contributed by atoms with van der Waals surface area (Å²) < 4.78 is 37.5. The number of hydrogen-bond acceptors (Lipinski definition) is 5. The van der Waals surface area contributed by atoms with Crippen LogP contribution in [0.2, 0.25) is 0 Å². The van der Waals surface area contributed by atoms with E-state index in [1.165, 1.54) is 0 Å². The Balaban J connectivity index is 0.000000479. The van der Waals surface area contributed by atoms with Crippen LogP contribution in [0.5, 0.6) is 0 Å². The van der Waals surface area contributed by atoms with E-state index in [9.17, 15) is 22.8 Å². The predicted octanol–water partition coefficient (Wildman–Crippen LogP) is 1.59. The maximum atomic E-state index is 12.7. The molecule has 2 heterocycles. The van der Waals surface area contributed by atoms with Crippen molar-refractivity contribution in [3.63, 3.8) is 0 Å². The second kappa shape index (κ2) is 11.8. The number of carboxylic acid groups (broad SMARTS) is 1. The molecule has 0 radical (unpaired) electrons. The molecule has 1 saturated heterocycles. The molecular weight excluding hydrogens is 443 g/mol. The minimum atomic E-state index is -5.08. The number of halogens is 3. The molecule has 2 aliphatic heterocycles. The van der Waals surface area contributed by atoms with Crippen molar-refractivity contribution in [1.82, 2.24) is 16.0 Å². The van der Waals surface area contributed by atoms with E-state index in [-0.39, 0.29) is 29.2 Å². The second-order valence-corrected chi connectivity index (χ2v) is 7.98. The van der Waals surface area contributed by atoms with Gasteiger partial charge in [-0.15, -0.1) is 0 Å². The molecule has 8 nitrogen and oxygen atoms in total. The zero-order chi connectivity index (χ0) is 24.5. The van der Waals surface area contributed by atoms with E-state index in [0.29, 0.717) is 39.3 Å². The molecular formula is C22H28F3N3O5. The fourth-order valence-corrected chi connectivity index (χ4v) is 3.27. The zero-order valence-corrected chi connectivity index (χ0v) is 18.2. The summed E-state index contributed by atoms with van der Waals surface area (Å²) in [6, 6.07) is 9.51. The van der Waals surface area contributed by atoms with Gasteiger partial charge >= 0.3 is 12.1 Å². The topological polar surface area (TPSA) is 117 Å². The average Bonchev–Trinajstić information content (AvgIpc) is 2.72. The standard InChI is InChI=1S/C20H27N3O3.C2HF3O2/c1-15-11-22-18(24)17(16-7-3-2-4-8-16)12-26-10-6-5-9-20(13-21-14-20)19(25)23-15;3-2(4,5)1(6)7/h2-8,15,17,21H,9-14H2,1H3,(H,22,24)(H,23,25);(H,6,7)/b6-5-;/t15-,17?;/m1./s1. The normalized spacial score (nSPS) is 24.7. The number of amides is 2. The first-order valence-corrected chi connectivity index (χ1v) is 10.4. The summed E-state index contributed by atoms with van der Waals surface area (Å²) in [4.78, 5) is 34.2. The highest BCUT2D eigenvalue weighted by Gasteiger charge is 2.43. The molecule has 2 amide bonds. The van der Waals surface area contributed by atoms with Gasteiger partial charge in [0.25, 0.3) is 0 Å². The molecule has 4 N–H and O–H groups in total. The van der Waals surface area contributed by atoms with E-state index >= 15 is 0 Å². The number of benzene rings is 1. The van der Waals surface area contributed by atoms with Gasteiger partial charge in [0.05, 0.1) is 24.5 Å². The number of carbonyl (C=O) groups is 3. The van der Waals surface area contributed by atoms with Crippen molar-refractivity contribution in [2.24, 2.45) is 5.41 Å². The van der Waals surface area contributed by atoms with E-state index in [4.69, 9.17) is 14.6 Å². The van der Waals surface area contributed by atoms with Crippen molar-refractivity contribution in [2.75, 3.05) is 32.8 Å². The Hall–Kier alpha value is -2.92. The molecule has 0 bridgehead atoms. The van der Waals surface area contributed by atoms with E-state index in [0.717, 1.165) is 5.56 Å². The van der Waals surface area contributed by atoms with E-state index in [1.807, 2.05) is 49.4 Å². The molecule has 11 heteroatoms. The maximum Gasteiger partial charge on any atom is 0.490 e. The lowest BCUT2D eigenvalue weighted by molar-refractivity contribution is -0.192. The Labute approximate surface area is 189 Å². The third kappa shape index (κ3) is 7.86. The van der Waals surface area contributed by atoms with Crippen LogP contribution in [0.15, 0.2) is 42.5 Å². The number of rotatable bonds is 1. The molecule has 0 aliphatic carbocycles. The number of hydrogen-bond donors (Lipinski definition) is 4. The van der Waals surface area contributed by atoms with Gasteiger partial charge in [0.1, 0.15) is 0 Å². The average molecular weight is 471 g/mol. The van der Waals surface area contributed by atoms with Gasteiger partial charge in [-0.1, -0.05) is 42.5 Å². The summed E-state index contributed by atoms with van der Waals surface area (Å²) in [5, 5.41) is 16.3. The molecule has 1 aromatic rings. The Morgan fingerprint density at radius 2 is 1.79 bits per heavy atom. The van der Waals surface area contributed by atoms with Crippen molar-refractivity contribution < 1.29 is 37.4 Å². The summed E-state index contributed by atoms with van der Waals surface area (Å²) in [6.07, 6.45) is -0.451. The van der Waals surface area contributed by atoms with Crippen molar-refractivity contribution in [2.45, 2.75) is 31.5 Å². The minimum Gasteiger partial charge on any atom is -0.475 e. The molecule has 0 saturated carbocycles. The van der Waals surface area contributed by atoms with Gasteiger partial charge in [0, 0.05) is 25.7 Å². The Bertz CT molecular complexity index is 841. The largest absolute Gasteiger partial charge is 0.490 e. The van der Waals surface area contributed by atoms with Crippen LogP contribution >= 0.6 is 0 Å². The minimum absolute atomic E-state index is 0.0419. The van der Waals surface area contributed by atoms with Crippen LogP contribution in [0.25, 0.3) is 0 Å². The molecule has 1 spiro atoms. The smallest absolute Gasteiger partial charge is 0.475 e. The third-order valence-electron chi connectivity index (χ3n) is 5.30. The highest BCUT2D eigenvalue weighted by Crippen LogP contribution is 2.28. The number of ether oxygens (including phenoxy) is 1. The quantitative estimate of drug-likeness (QED) is 0.463. The van der Waals surface area contributed by atoms with Crippen LogP contribution in [-0.4, -0.2) is 68.0 Å². The summed E-state index contributed by atoms with van der Waals surface area (Å²) >= 11 is 0. The van der Waals surface area contributed by atoms with Crippen molar-refractivity contribution in [1.29, 1.82) is 0 Å². The van der Waals surface area contributed by atoms with Gasteiger partial charge < -0.3 is 25.8 Å². The van der Waals surface area contributed by atoms with E-state index < -0.39 is 12.1 Å². The lowest BCUT2D eigenvalue weighted by Gasteiger charge is -2.41. The number of carbonyl (C=O) groups excluding carboxylic acids is 2.